The monoisotopic (exact) mass is 424 g/mol. The number of nitrogen functional groups attached to an aromatic ring is 1. The number of hydrogen-bond donors (Lipinski definition) is 3. The van der Waals surface area contributed by atoms with Crippen LogP contribution in [0.1, 0.15) is 5.56 Å². The lowest BCUT2D eigenvalue weighted by atomic mass is 10.2. The van der Waals surface area contributed by atoms with Crippen molar-refractivity contribution in [3.05, 3.63) is 52.1 Å². The Morgan fingerprint density at radius 1 is 1.26 bits per heavy atom. The van der Waals surface area contributed by atoms with Crippen LogP contribution in [0.4, 0.5) is 15.3 Å². The summed E-state index contributed by atoms with van der Waals surface area (Å²) in [5.74, 6) is 0.155. The van der Waals surface area contributed by atoms with Crippen molar-refractivity contribution in [3.63, 3.8) is 0 Å². The number of halogens is 1. The number of nitrogens with one attached hydrogen (secondary N) is 2. The van der Waals surface area contributed by atoms with E-state index in [0.29, 0.717) is 15.2 Å². The van der Waals surface area contributed by atoms with E-state index in [4.69, 9.17) is 5.73 Å². The molecule has 27 heavy (non-hydrogen) atoms. The van der Waals surface area contributed by atoms with Gasteiger partial charge in [0.05, 0.1) is 5.75 Å². The van der Waals surface area contributed by atoms with Crippen molar-refractivity contribution in [2.24, 2.45) is 0 Å². The highest BCUT2D eigenvalue weighted by molar-refractivity contribution is 8.00. The summed E-state index contributed by atoms with van der Waals surface area (Å²) < 4.78 is 13.6. The zero-order valence-corrected chi connectivity index (χ0v) is 16.1. The van der Waals surface area contributed by atoms with E-state index in [9.17, 15) is 14.0 Å². The van der Waals surface area contributed by atoms with Crippen molar-refractivity contribution in [1.82, 2.24) is 20.2 Å². The predicted octanol–water partition coefficient (Wildman–Crippen LogP) is 2.37. The number of amides is 1. The molecule has 8 nitrogen and oxygen atoms in total. The Bertz CT molecular complexity index is 992. The number of thioether (sulfide) groups is 2. The van der Waals surface area contributed by atoms with Gasteiger partial charge in [-0.25, -0.2) is 9.37 Å². The lowest BCUT2D eigenvalue weighted by molar-refractivity contribution is -0.113. The van der Waals surface area contributed by atoms with Crippen molar-refractivity contribution in [2.75, 3.05) is 16.8 Å². The van der Waals surface area contributed by atoms with Gasteiger partial charge in [0.1, 0.15) is 11.6 Å². The van der Waals surface area contributed by atoms with Crippen LogP contribution >= 0.6 is 34.9 Å². The Labute approximate surface area is 165 Å². The Kier molecular flexibility index (Phi) is 6.42. The first-order chi connectivity index (χ1) is 13.0. The van der Waals surface area contributed by atoms with Crippen LogP contribution in [0, 0.1) is 5.82 Å². The molecule has 2 heterocycles. The molecule has 0 bridgehead atoms. The minimum atomic E-state index is -0.377. The van der Waals surface area contributed by atoms with Gasteiger partial charge in [0.2, 0.25) is 11.0 Å². The molecule has 4 N–H and O–H groups in total. The molecule has 0 radical (unpaired) electrons. The van der Waals surface area contributed by atoms with E-state index in [1.807, 2.05) is 0 Å². The zero-order valence-electron chi connectivity index (χ0n) is 13.6. The molecule has 0 fully saturated rings. The third-order valence-corrected chi connectivity index (χ3v) is 5.92. The minimum Gasteiger partial charge on any atom is -0.383 e. The average Bonchev–Trinajstić information content (AvgIpc) is 3.06. The van der Waals surface area contributed by atoms with Gasteiger partial charge in [0.25, 0.3) is 5.56 Å². The van der Waals surface area contributed by atoms with Gasteiger partial charge in [-0.05, 0) is 17.7 Å². The Morgan fingerprint density at radius 3 is 2.78 bits per heavy atom. The maximum atomic E-state index is 12.9. The molecular formula is C15H13FN6O2S3. The Balaban J connectivity index is 1.48. The van der Waals surface area contributed by atoms with Gasteiger partial charge in [0.15, 0.2) is 9.50 Å². The van der Waals surface area contributed by atoms with Crippen LogP contribution < -0.4 is 16.6 Å². The highest BCUT2D eigenvalue weighted by atomic mass is 32.2. The normalized spacial score (nSPS) is 10.7. The molecule has 1 aromatic carbocycles. The number of carbonyl (C=O) groups is 1. The molecule has 0 aliphatic carbocycles. The van der Waals surface area contributed by atoms with Crippen LogP contribution in [0.5, 0.6) is 0 Å². The SMILES string of the molecule is Nc1cc(=O)[nH]c(SCC(=O)Nc2nnc(SCc3ccc(F)cc3)s2)n1. The van der Waals surface area contributed by atoms with Gasteiger partial charge >= 0.3 is 0 Å². The zero-order chi connectivity index (χ0) is 19.2. The van der Waals surface area contributed by atoms with Crippen LogP contribution in [0.3, 0.4) is 0 Å². The lowest BCUT2D eigenvalue weighted by Gasteiger charge is -2.01. The number of carbonyl (C=O) groups excluding carboxylic acids is 1. The third-order valence-electron chi connectivity index (χ3n) is 3.01. The van der Waals surface area contributed by atoms with Gasteiger partial charge in [0, 0.05) is 11.8 Å². The summed E-state index contributed by atoms with van der Waals surface area (Å²) in [4.78, 5) is 29.7. The number of rotatable bonds is 7. The number of aromatic amines is 1. The van der Waals surface area contributed by atoms with Crippen molar-refractivity contribution < 1.29 is 9.18 Å². The first kappa shape index (κ1) is 19.3. The molecule has 3 aromatic rings. The molecule has 0 saturated heterocycles. The lowest BCUT2D eigenvalue weighted by Crippen LogP contribution is -2.15. The summed E-state index contributed by atoms with van der Waals surface area (Å²) in [6.07, 6.45) is 0. The van der Waals surface area contributed by atoms with Gasteiger partial charge in [-0.1, -0.05) is 47.0 Å². The second-order valence-corrected chi connectivity index (χ2v) is 8.26. The van der Waals surface area contributed by atoms with E-state index >= 15 is 0 Å². The van der Waals surface area contributed by atoms with E-state index in [1.54, 1.807) is 12.1 Å². The standard InChI is InChI=1S/C15H13FN6O2S3/c16-9-3-1-8(2-4-9)6-26-15-22-21-14(27-15)20-12(24)7-25-13-18-10(17)5-11(23)19-13/h1-5H,6-7H2,(H,20,21,24)(H3,17,18,19,23). The van der Waals surface area contributed by atoms with E-state index in [-0.39, 0.29) is 34.0 Å². The first-order valence-corrected chi connectivity index (χ1v) is 10.3. The van der Waals surface area contributed by atoms with E-state index < -0.39 is 0 Å². The summed E-state index contributed by atoms with van der Waals surface area (Å²) in [6, 6.07) is 7.38. The fraction of sp³-hybridized carbons (Fsp3) is 0.133. The molecule has 0 saturated carbocycles. The molecule has 0 aliphatic rings. The minimum absolute atomic E-state index is 0.0318. The highest BCUT2D eigenvalue weighted by Crippen LogP contribution is 2.28. The topological polar surface area (TPSA) is 127 Å². The van der Waals surface area contributed by atoms with Crippen molar-refractivity contribution >= 4 is 51.7 Å². The molecule has 0 aliphatic heterocycles. The summed E-state index contributed by atoms with van der Waals surface area (Å²) >= 11 is 3.74. The molecule has 0 unspecified atom stereocenters. The number of H-pyrrole nitrogens is 1. The molecule has 0 spiro atoms. The van der Waals surface area contributed by atoms with Gasteiger partial charge in [-0.3, -0.25) is 14.9 Å². The summed E-state index contributed by atoms with van der Waals surface area (Å²) in [7, 11) is 0. The maximum absolute atomic E-state index is 12.9. The maximum Gasteiger partial charge on any atom is 0.253 e. The Hall–Kier alpha value is -2.44. The Morgan fingerprint density at radius 2 is 2.04 bits per heavy atom. The summed E-state index contributed by atoms with van der Waals surface area (Å²) in [5.41, 5.74) is 6.07. The predicted molar refractivity (Wildman–Crippen MR) is 104 cm³/mol. The van der Waals surface area contributed by atoms with Gasteiger partial charge in [-0.15, -0.1) is 10.2 Å². The molecule has 12 heteroatoms. The second kappa shape index (κ2) is 8.97. The van der Waals surface area contributed by atoms with Gasteiger partial charge < -0.3 is 10.7 Å². The molecule has 140 valence electrons. The number of hydrogen-bond acceptors (Lipinski definition) is 9. The largest absolute Gasteiger partial charge is 0.383 e. The number of anilines is 2. The van der Waals surface area contributed by atoms with Gasteiger partial charge in [-0.2, -0.15) is 0 Å². The smallest absolute Gasteiger partial charge is 0.253 e. The van der Waals surface area contributed by atoms with E-state index in [0.717, 1.165) is 23.4 Å². The fourth-order valence-corrected chi connectivity index (χ4v) is 4.26. The number of aromatic nitrogens is 4. The fourth-order valence-electron chi connectivity index (χ4n) is 1.86. The molecular weight excluding hydrogens is 411 g/mol. The average molecular weight is 425 g/mol. The molecule has 0 atom stereocenters. The van der Waals surface area contributed by atoms with Crippen LogP contribution in [0.15, 0.2) is 44.6 Å². The molecule has 3 rings (SSSR count). The van der Waals surface area contributed by atoms with E-state index in [2.05, 4.69) is 25.5 Å². The van der Waals surface area contributed by atoms with Crippen LogP contribution in [-0.4, -0.2) is 31.8 Å². The second-order valence-electron chi connectivity index (χ2n) is 5.10. The van der Waals surface area contributed by atoms with Crippen molar-refractivity contribution in [3.8, 4) is 0 Å². The third kappa shape index (κ3) is 6.05. The number of nitrogens with two attached hydrogens (primary N) is 1. The quantitative estimate of drug-likeness (QED) is 0.300. The highest BCUT2D eigenvalue weighted by Gasteiger charge is 2.10. The van der Waals surface area contributed by atoms with Crippen molar-refractivity contribution in [2.45, 2.75) is 15.2 Å². The van der Waals surface area contributed by atoms with Crippen LogP contribution in [0.25, 0.3) is 0 Å². The van der Waals surface area contributed by atoms with Crippen molar-refractivity contribution in [1.29, 1.82) is 0 Å². The first-order valence-electron chi connectivity index (χ1n) is 7.48. The summed E-state index contributed by atoms with van der Waals surface area (Å²) in [5, 5.41) is 11.2. The van der Waals surface area contributed by atoms with Crippen LogP contribution in [0.2, 0.25) is 0 Å². The number of benzene rings is 1. The molecule has 2 aromatic heterocycles. The molecule has 1 amide bonds. The summed E-state index contributed by atoms with van der Waals surface area (Å²) in [6.45, 7) is 0. The van der Waals surface area contributed by atoms with E-state index in [1.165, 1.54) is 35.2 Å². The number of nitrogens with zero attached hydrogens (tertiary/aromatic N) is 3. The van der Waals surface area contributed by atoms with Crippen LogP contribution in [-0.2, 0) is 10.5 Å².